The maximum Gasteiger partial charge on any atom is 0.237 e. The number of nitrogens with one attached hydrogen (secondary N) is 1. The molecule has 2 heterocycles. The highest BCUT2D eigenvalue weighted by atomic mass is 16.5. The summed E-state index contributed by atoms with van der Waals surface area (Å²) in [4.78, 5) is 14.8. The first-order valence-corrected chi connectivity index (χ1v) is 9.22. The minimum absolute atomic E-state index is 0.0620. The molecule has 0 bridgehead atoms. The molecule has 1 aromatic carbocycles. The zero-order chi connectivity index (χ0) is 17.5. The second-order valence-corrected chi connectivity index (χ2v) is 6.85. The van der Waals surface area contributed by atoms with E-state index >= 15 is 0 Å². The Labute approximate surface area is 149 Å². The highest BCUT2D eigenvalue weighted by Gasteiger charge is 2.26. The third-order valence-corrected chi connectivity index (χ3v) is 5.15. The van der Waals surface area contributed by atoms with Crippen LogP contribution >= 0.6 is 0 Å². The van der Waals surface area contributed by atoms with Gasteiger partial charge in [0.15, 0.2) is 0 Å². The number of benzene rings is 1. The van der Waals surface area contributed by atoms with Gasteiger partial charge in [-0.15, -0.1) is 0 Å². The Bertz CT molecular complexity index is 555. The maximum atomic E-state index is 12.4. The van der Waals surface area contributed by atoms with Crippen LogP contribution in [0.4, 0.5) is 0 Å². The minimum atomic E-state index is -0.449. The van der Waals surface area contributed by atoms with E-state index < -0.39 is 6.04 Å². The number of carbonyl (C=O) groups is 1. The molecule has 1 atom stereocenters. The molecule has 2 aliphatic heterocycles. The van der Waals surface area contributed by atoms with Crippen molar-refractivity contribution < 1.29 is 14.3 Å². The number of rotatable bonds is 6. The number of carbonyl (C=O) groups excluding carboxylic acids is 1. The largest absolute Gasteiger partial charge is 0.381 e. The molecule has 6 heteroatoms. The lowest BCUT2D eigenvalue weighted by Gasteiger charge is -2.28. The quantitative estimate of drug-likeness (QED) is 0.799. The molecule has 1 amide bonds. The Kier molecular flexibility index (Phi) is 6.81. The van der Waals surface area contributed by atoms with Crippen LogP contribution in [0.3, 0.4) is 0 Å². The summed E-state index contributed by atoms with van der Waals surface area (Å²) in [5.41, 5.74) is 8.56. The molecule has 2 saturated heterocycles. The lowest BCUT2D eigenvalue weighted by atomic mass is 9.92. The number of hydrogen-bond acceptors (Lipinski definition) is 5. The van der Waals surface area contributed by atoms with Gasteiger partial charge in [-0.3, -0.25) is 9.69 Å². The van der Waals surface area contributed by atoms with Gasteiger partial charge in [0.25, 0.3) is 0 Å². The smallest absolute Gasteiger partial charge is 0.237 e. The summed E-state index contributed by atoms with van der Waals surface area (Å²) >= 11 is 0. The average Bonchev–Trinajstić information content (AvgIpc) is 2.68. The van der Waals surface area contributed by atoms with E-state index in [1.54, 1.807) is 0 Å². The lowest BCUT2D eigenvalue weighted by Crippen LogP contribution is -2.47. The van der Waals surface area contributed by atoms with Crippen molar-refractivity contribution >= 4 is 5.91 Å². The molecule has 1 aromatic rings. The van der Waals surface area contributed by atoms with E-state index in [9.17, 15) is 4.79 Å². The molecule has 0 radical (unpaired) electrons. The molecular weight excluding hydrogens is 318 g/mol. The van der Waals surface area contributed by atoms with Gasteiger partial charge in [-0.05, 0) is 29.9 Å². The van der Waals surface area contributed by atoms with Crippen molar-refractivity contribution in [1.29, 1.82) is 0 Å². The summed E-state index contributed by atoms with van der Waals surface area (Å²) in [5.74, 6) is 0.158. The first-order valence-electron chi connectivity index (χ1n) is 9.22. The molecule has 3 N–H and O–H groups in total. The SMILES string of the molecule is NC(C(=O)NCc1ccccc1CN1CCOCC1)C1CCOCC1. The monoisotopic (exact) mass is 347 g/mol. The molecule has 1 unspecified atom stereocenters. The molecule has 0 spiro atoms. The van der Waals surface area contributed by atoms with Crippen molar-refractivity contribution in [1.82, 2.24) is 10.2 Å². The first-order chi connectivity index (χ1) is 12.2. The van der Waals surface area contributed by atoms with Crippen LogP contribution in [-0.2, 0) is 27.4 Å². The van der Waals surface area contributed by atoms with Crippen molar-refractivity contribution in [3.8, 4) is 0 Å². The molecule has 138 valence electrons. The third-order valence-electron chi connectivity index (χ3n) is 5.15. The van der Waals surface area contributed by atoms with E-state index in [2.05, 4.69) is 28.4 Å². The van der Waals surface area contributed by atoms with Crippen molar-refractivity contribution in [2.45, 2.75) is 32.0 Å². The molecule has 2 fully saturated rings. The fourth-order valence-electron chi connectivity index (χ4n) is 3.47. The number of nitrogens with two attached hydrogens (primary N) is 1. The standard InChI is InChI=1S/C19H29N3O3/c20-18(15-5-9-24-10-6-15)19(23)21-13-16-3-1-2-4-17(16)14-22-7-11-25-12-8-22/h1-4,15,18H,5-14,20H2,(H,21,23). The summed E-state index contributed by atoms with van der Waals surface area (Å²) in [5, 5.41) is 3.03. The molecule has 6 nitrogen and oxygen atoms in total. The van der Waals surface area contributed by atoms with Gasteiger partial charge in [-0.25, -0.2) is 0 Å². The van der Waals surface area contributed by atoms with Crippen LogP contribution in [0.25, 0.3) is 0 Å². The van der Waals surface area contributed by atoms with Gasteiger partial charge in [0.05, 0.1) is 19.3 Å². The van der Waals surface area contributed by atoms with E-state index in [0.717, 1.165) is 51.3 Å². The van der Waals surface area contributed by atoms with Crippen LogP contribution in [0.2, 0.25) is 0 Å². The van der Waals surface area contributed by atoms with Gasteiger partial charge in [0.1, 0.15) is 0 Å². The molecule has 0 aliphatic carbocycles. The van der Waals surface area contributed by atoms with Gasteiger partial charge in [0, 0.05) is 39.4 Å². The number of nitrogens with zero attached hydrogens (tertiary/aromatic N) is 1. The van der Waals surface area contributed by atoms with Crippen LogP contribution in [0, 0.1) is 5.92 Å². The van der Waals surface area contributed by atoms with Gasteiger partial charge < -0.3 is 20.5 Å². The highest BCUT2D eigenvalue weighted by molar-refractivity contribution is 5.81. The third kappa shape index (κ3) is 5.25. The van der Waals surface area contributed by atoms with Crippen molar-refractivity contribution in [2.75, 3.05) is 39.5 Å². The average molecular weight is 347 g/mol. The normalized spacial score (nSPS) is 21.0. The van der Waals surface area contributed by atoms with E-state index in [0.29, 0.717) is 19.8 Å². The number of morpholine rings is 1. The minimum Gasteiger partial charge on any atom is -0.381 e. The van der Waals surface area contributed by atoms with Crippen LogP contribution in [0.15, 0.2) is 24.3 Å². The van der Waals surface area contributed by atoms with Gasteiger partial charge in [-0.2, -0.15) is 0 Å². The highest BCUT2D eigenvalue weighted by Crippen LogP contribution is 2.18. The number of ether oxygens (including phenoxy) is 2. The molecule has 0 aromatic heterocycles. The van der Waals surface area contributed by atoms with Crippen LogP contribution in [-0.4, -0.2) is 56.4 Å². The Morgan fingerprint density at radius 1 is 1.12 bits per heavy atom. The topological polar surface area (TPSA) is 76.8 Å². The second-order valence-electron chi connectivity index (χ2n) is 6.85. The maximum absolute atomic E-state index is 12.4. The van der Waals surface area contributed by atoms with Gasteiger partial charge >= 0.3 is 0 Å². The molecular formula is C19H29N3O3. The molecule has 0 saturated carbocycles. The van der Waals surface area contributed by atoms with Crippen molar-refractivity contribution in [3.05, 3.63) is 35.4 Å². The number of amides is 1. The predicted octanol–water partition coefficient (Wildman–Crippen LogP) is 0.889. The van der Waals surface area contributed by atoms with E-state index in [1.807, 2.05) is 6.07 Å². The molecule has 3 rings (SSSR count). The van der Waals surface area contributed by atoms with E-state index in [-0.39, 0.29) is 11.8 Å². The van der Waals surface area contributed by atoms with E-state index in [1.165, 1.54) is 5.56 Å². The summed E-state index contributed by atoms with van der Waals surface area (Å²) in [6, 6.07) is 7.83. The first kappa shape index (κ1) is 18.3. The molecule has 2 aliphatic rings. The Morgan fingerprint density at radius 2 is 1.76 bits per heavy atom. The van der Waals surface area contributed by atoms with Gasteiger partial charge in [0.2, 0.25) is 5.91 Å². The second kappa shape index (κ2) is 9.29. The Hall–Kier alpha value is -1.47. The van der Waals surface area contributed by atoms with Crippen molar-refractivity contribution in [3.63, 3.8) is 0 Å². The predicted molar refractivity (Wildman–Crippen MR) is 95.9 cm³/mol. The Morgan fingerprint density at radius 3 is 2.48 bits per heavy atom. The zero-order valence-electron chi connectivity index (χ0n) is 14.8. The summed E-state index contributed by atoms with van der Waals surface area (Å²) in [7, 11) is 0. The fraction of sp³-hybridized carbons (Fsp3) is 0.632. The fourth-order valence-corrected chi connectivity index (χ4v) is 3.47. The Balaban J connectivity index is 1.54. The van der Waals surface area contributed by atoms with Crippen LogP contribution in [0.1, 0.15) is 24.0 Å². The summed E-state index contributed by atoms with van der Waals surface area (Å²) < 4.78 is 10.8. The summed E-state index contributed by atoms with van der Waals surface area (Å²) in [6.07, 6.45) is 1.73. The number of hydrogen-bond donors (Lipinski definition) is 2. The van der Waals surface area contributed by atoms with E-state index in [4.69, 9.17) is 15.2 Å². The summed E-state index contributed by atoms with van der Waals surface area (Å²) in [6.45, 7) is 6.31. The lowest BCUT2D eigenvalue weighted by molar-refractivity contribution is -0.124. The zero-order valence-corrected chi connectivity index (χ0v) is 14.8. The van der Waals surface area contributed by atoms with Crippen LogP contribution < -0.4 is 11.1 Å². The van der Waals surface area contributed by atoms with Crippen LogP contribution in [0.5, 0.6) is 0 Å². The van der Waals surface area contributed by atoms with Gasteiger partial charge in [-0.1, -0.05) is 24.3 Å². The van der Waals surface area contributed by atoms with Crippen molar-refractivity contribution in [2.24, 2.45) is 11.7 Å². The molecule has 25 heavy (non-hydrogen) atoms.